The number of hydrogen-bond donors (Lipinski definition) is 1. The molecule has 0 aliphatic rings. The molecule has 0 atom stereocenters. The quantitative estimate of drug-likeness (QED) is 0.609. The first-order chi connectivity index (χ1) is 12.5. The average Bonchev–Trinajstić information content (AvgIpc) is 2.86. The molecule has 5 heteroatoms. The highest BCUT2D eigenvalue weighted by molar-refractivity contribution is 5.87. The zero-order valence-corrected chi connectivity index (χ0v) is 14.1. The molecule has 26 heavy (non-hydrogen) atoms. The number of carboxylic acids is 1. The van der Waals surface area contributed by atoms with Crippen LogP contribution in [0.15, 0.2) is 42.5 Å². The number of pyridine rings is 1. The smallest absolute Gasteiger partial charge is 0.323 e. The second kappa shape index (κ2) is 6.16. The van der Waals surface area contributed by atoms with Crippen molar-refractivity contribution in [2.24, 2.45) is 0 Å². The zero-order valence-electron chi connectivity index (χ0n) is 14.1. The van der Waals surface area contributed by atoms with Crippen LogP contribution in [0, 0.1) is 24.9 Å². The van der Waals surface area contributed by atoms with Gasteiger partial charge in [-0.25, -0.2) is 4.39 Å². The van der Waals surface area contributed by atoms with Crippen molar-refractivity contribution >= 4 is 27.8 Å². The normalized spacial score (nSPS) is 11.0. The Morgan fingerprint density at radius 2 is 2.12 bits per heavy atom. The highest BCUT2D eigenvalue weighted by Crippen LogP contribution is 2.29. The van der Waals surface area contributed by atoms with Gasteiger partial charge in [0.15, 0.2) is 0 Å². The van der Waals surface area contributed by atoms with Gasteiger partial charge in [0, 0.05) is 28.7 Å². The molecule has 0 unspecified atom stereocenters. The minimum absolute atomic E-state index is 0.163. The number of rotatable bonds is 4. The SMILES string of the molecule is Cc1c(Cc2ccc3c#cccc3n2)c2cc(F)ccc2n1CC(=O)O. The first kappa shape index (κ1) is 16.1. The van der Waals surface area contributed by atoms with Crippen LogP contribution in [0.4, 0.5) is 4.39 Å². The van der Waals surface area contributed by atoms with Crippen molar-refractivity contribution in [3.8, 4) is 0 Å². The molecule has 128 valence electrons. The van der Waals surface area contributed by atoms with E-state index in [1.807, 2.05) is 25.1 Å². The predicted octanol–water partition coefficient (Wildman–Crippen LogP) is 3.91. The van der Waals surface area contributed by atoms with Crippen LogP contribution in [-0.2, 0) is 17.8 Å². The molecule has 0 amide bonds. The Bertz CT molecular complexity index is 1150. The number of hydrogen-bond acceptors (Lipinski definition) is 2. The maximum Gasteiger partial charge on any atom is 0.323 e. The molecule has 4 rings (SSSR count). The average molecular weight is 346 g/mol. The van der Waals surface area contributed by atoms with Crippen LogP contribution in [0.1, 0.15) is 17.0 Å². The van der Waals surface area contributed by atoms with Crippen molar-refractivity contribution in [3.63, 3.8) is 0 Å². The number of fused-ring (bicyclic) bond motifs is 2. The van der Waals surface area contributed by atoms with Gasteiger partial charge in [-0.05, 0) is 55.0 Å². The van der Waals surface area contributed by atoms with Crippen LogP contribution < -0.4 is 0 Å². The molecule has 4 nitrogen and oxygen atoms in total. The molecular weight excluding hydrogens is 331 g/mol. The summed E-state index contributed by atoms with van der Waals surface area (Å²) in [6.45, 7) is 1.70. The molecule has 0 aliphatic carbocycles. The van der Waals surface area contributed by atoms with Crippen molar-refractivity contribution in [2.45, 2.75) is 19.9 Å². The number of halogens is 1. The van der Waals surface area contributed by atoms with Crippen molar-refractivity contribution in [1.82, 2.24) is 9.55 Å². The Kier molecular flexibility index (Phi) is 3.81. The number of nitrogens with zero attached hydrogens (tertiary/aromatic N) is 2. The first-order valence-corrected chi connectivity index (χ1v) is 8.20. The van der Waals surface area contributed by atoms with Crippen molar-refractivity contribution in [2.75, 3.05) is 0 Å². The van der Waals surface area contributed by atoms with Crippen LogP contribution in [-0.4, -0.2) is 20.6 Å². The zero-order chi connectivity index (χ0) is 18.3. The number of carbonyl (C=O) groups is 1. The fraction of sp³-hybridized carbons (Fsp3) is 0.143. The largest absolute Gasteiger partial charge is 0.480 e. The van der Waals surface area contributed by atoms with E-state index in [0.29, 0.717) is 11.9 Å². The van der Waals surface area contributed by atoms with Crippen molar-refractivity contribution < 1.29 is 14.3 Å². The van der Waals surface area contributed by atoms with Gasteiger partial charge in [-0.3, -0.25) is 9.78 Å². The third-order valence-electron chi connectivity index (χ3n) is 4.58. The number of carboxylic acid groups (broad SMARTS) is 1. The molecule has 2 aromatic heterocycles. The summed E-state index contributed by atoms with van der Waals surface area (Å²) in [5.74, 6) is -1.28. The molecule has 2 aromatic carbocycles. The monoisotopic (exact) mass is 346 g/mol. The Labute approximate surface area is 149 Å². The van der Waals surface area contributed by atoms with E-state index in [4.69, 9.17) is 0 Å². The minimum Gasteiger partial charge on any atom is -0.480 e. The van der Waals surface area contributed by atoms with E-state index in [1.165, 1.54) is 12.1 Å². The van der Waals surface area contributed by atoms with Gasteiger partial charge in [0.05, 0.1) is 10.9 Å². The first-order valence-electron chi connectivity index (χ1n) is 8.20. The molecule has 0 aliphatic heterocycles. The van der Waals surface area contributed by atoms with E-state index in [1.54, 1.807) is 16.7 Å². The van der Waals surface area contributed by atoms with E-state index in [9.17, 15) is 14.3 Å². The number of aromatic nitrogens is 2. The highest BCUT2D eigenvalue weighted by atomic mass is 19.1. The fourth-order valence-electron chi connectivity index (χ4n) is 3.36. The van der Waals surface area contributed by atoms with Gasteiger partial charge in [0.25, 0.3) is 0 Å². The summed E-state index contributed by atoms with van der Waals surface area (Å²) in [6.07, 6.45) is 0.493. The molecule has 0 spiro atoms. The molecule has 1 N–H and O–H groups in total. The van der Waals surface area contributed by atoms with Gasteiger partial charge in [-0.1, -0.05) is 12.1 Å². The summed E-state index contributed by atoms with van der Waals surface area (Å²) in [4.78, 5) is 15.9. The van der Waals surface area contributed by atoms with E-state index >= 15 is 0 Å². The van der Waals surface area contributed by atoms with Crippen LogP contribution in [0.5, 0.6) is 0 Å². The molecule has 0 saturated carbocycles. The molecule has 0 radical (unpaired) electrons. The van der Waals surface area contributed by atoms with Gasteiger partial charge in [-0.2, -0.15) is 0 Å². The summed E-state index contributed by atoms with van der Waals surface area (Å²) in [5.41, 5.74) is 4.06. The lowest BCUT2D eigenvalue weighted by atomic mass is 10.0. The summed E-state index contributed by atoms with van der Waals surface area (Å²) in [5, 5.41) is 10.8. The fourth-order valence-corrected chi connectivity index (χ4v) is 3.36. The van der Waals surface area contributed by atoms with Gasteiger partial charge in [0.1, 0.15) is 12.4 Å². The van der Waals surface area contributed by atoms with Crippen molar-refractivity contribution in [1.29, 1.82) is 0 Å². The Balaban J connectivity index is 1.85. The Morgan fingerprint density at radius 3 is 2.92 bits per heavy atom. The third kappa shape index (κ3) is 2.76. The van der Waals surface area contributed by atoms with Crippen LogP contribution >= 0.6 is 0 Å². The minimum atomic E-state index is -0.934. The lowest BCUT2D eigenvalue weighted by molar-refractivity contribution is -0.137. The summed E-state index contributed by atoms with van der Waals surface area (Å²) in [7, 11) is 0. The molecular formula is C21H15FN2O2. The maximum absolute atomic E-state index is 13.8. The lowest BCUT2D eigenvalue weighted by Gasteiger charge is -2.06. The van der Waals surface area contributed by atoms with E-state index in [0.717, 1.165) is 33.2 Å². The molecule has 2 heterocycles. The van der Waals surface area contributed by atoms with Gasteiger partial charge < -0.3 is 9.67 Å². The molecule has 0 bridgehead atoms. The second-order valence-corrected chi connectivity index (χ2v) is 6.22. The lowest BCUT2D eigenvalue weighted by Crippen LogP contribution is -2.10. The van der Waals surface area contributed by atoms with E-state index in [-0.39, 0.29) is 12.4 Å². The standard InChI is InChI=1S/C21H15FN2O2/c1-13-17(11-16-8-6-14-4-2-3-5-19(14)23-16)18-10-15(22)7-9-20(18)24(13)12-21(25)26/h3,5-10H,11-12H2,1H3,(H,25,26). The third-order valence-corrected chi connectivity index (χ3v) is 4.58. The molecule has 0 saturated heterocycles. The number of benzene rings is 1. The van der Waals surface area contributed by atoms with E-state index in [2.05, 4.69) is 17.1 Å². The topological polar surface area (TPSA) is 55.1 Å². The highest BCUT2D eigenvalue weighted by Gasteiger charge is 2.17. The van der Waals surface area contributed by atoms with Gasteiger partial charge in [0.2, 0.25) is 0 Å². The summed E-state index contributed by atoms with van der Waals surface area (Å²) < 4.78 is 15.5. The van der Waals surface area contributed by atoms with Crippen LogP contribution in [0.2, 0.25) is 0 Å². The molecule has 0 fully saturated rings. The van der Waals surface area contributed by atoms with Crippen molar-refractivity contribution in [3.05, 3.63) is 77.4 Å². The second-order valence-electron chi connectivity index (χ2n) is 6.22. The van der Waals surface area contributed by atoms with Crippen LogP contribution in [0.25, 0.3) is 21.8 Å². The van der Waals surface area contributed by atoms with Gasteiger partial charge in [-0.15, -0.1) is 0 Å². The summed E-state index contributed by atoms with van der Waals surface area (Å²) in [6, 6.07) is 17.8. The Hall–Kier alpha value is -3.39. The predicted molar refractivity (Wildman–Crippen MR) is 96.5 cm³/mol. The summed E-state index contributed by atoms with van der Waals surface area (Å²) >= 11 is 0. The van der Waals surface area contributed by atoms with E-state index < -0.39 is 5.97 Å². The Morgan fingerprint density at radius 1 is 1.27 bits per heavy atom. The maximum atomic E-state index is 13.8. The number of aliphatic carboxylic acids is 1. The van der Waals surface area contributed by atoms with Gasteiger partial charge >= 0.3 is 5.97 Å². The van der Waals surface area contributed by atoms with Crippen LogP contribution in [0.3, 0.4) is 0 Å². The molecule has 4 aromatic rings.